The van der Waals surface area contributed by atoms with Crippen molar-refractivity contribution < 1.29 is 27.9 Å². The second-order valence-electron chi connectivity index (χ2n) is 7.51. The normalized spacial score (nSPS) is 22.1. The fourth-order valence-electron chi connectivity index (χ4n) is 4.17. The van der Waals surface area contributed by atoms with Gasteiger partial charge in [-0.3, -0.25) is 9.69 Å². The third-order valence-electron chi connectivity index (χ3n) is 5.55. The zero-order valence-electron chi connectivity index (χ0n) is 16.5. The van der Waals surface area contributed by atoms with Crippen LogP contribution in [0.15, 0.2) is 36.9 Å². The predicted molar refractivity (Wildman–Crippen MR) is 104 cm³/mol. The Hall–Kier alpha value is -2.35. The van der Waals surface area contributed by atoms with E-state index in [1.54, 1.807) is 0 Å². The van der Waals surface area contributed by atoms with E-state index in [-0.39, 0.29) is 11.4 Å². The molecule has 1 atom stereocenters. The summed E-state index contributed by atoms with van der Waals surface area (Å²) in [4.78, 5) is 26.4. The van der Waals surface area contributed by atoms with Gasteiger partial charge < -0.3 is 10.0 Å². The Kier molecular flexibility index (Phi) is 7.46. The summed E-state index contributed by atoms with van der Waals surface area (Å²) >= 11 is 0. The molecule has 8 heteroatoms. The number of carbonyl (C=O) groups excluding carboxylic acids is 1. The molecule has 0 saturated carbocycles. The van der Waals surface area contributed by atoms with Crippen LogP contribution >= 0.6 is 0 Å². The largest absolute Gasteiger partial charge is 0.490 e. The van der Waals surface area contributed by atoms with Gasteiger partial charge in [0.25, 0.3) is 5.91 Å². The average Bonchev–Trinajstić information content (AvgIpc) is 3.03. The van der Waals surface area contributed by atoms with Crippen LogP contribution in [0.25, 0.3) is 0 Å². The van der Waals surface area contributed by atoms with E-state index < -0.39 is 12.1 Å². The lowest BCUT2D eigenvalue weighted by molar-refractivity contribution is -0.192. The molecule has 1 unspecified atom stereocenters. The predicted octanol–water partition coefficient (Wildman–Crippen LogP) is 3.88. The van der Waals surface area contributed by atoms with Crippen molar-refractivity contribution in [3.05, 3.63) is 48.0 Å². The number of alkyl halides is 3. The highest BCUT2D eigenvalue weighted by Gasteiger charge is 2.44. The number of nitrogens with zero attached hydrogens (tertiary/aromatic N) is 2. The Morgan fingerprint density at radius 3 is 2.34 bits per heavy atom. The summed E-state index contributed by atoms with van der Waals surface area (Å²) in [6.07, 6.45) is 1.66. The Bertz CT molecular complexity index is 751. The maximum atomic E-state index is 12.9. The number of amides is 1. The van der Waals surface area contributed by atoms with Crippen LogP contribution < -0.4 is 0 Å². The van der Waals surface area contributed by atoms with E-state index >= 15 is 0 Å². The average molecular weight is 412 g/mol. The zero-order valence-corrected chi connectivity index (χ0v) is 16.5. The van der Waals surface area contributed by atoms with Crippen molar-refractivity contribution in [1.82, 2.24) is 9.80 Å². The molecule has 1 spiro atoms. The molecule has 5 nitrogen and oxygen atoms in total. The SMILES string of the molecule is C=CCN1CCCC12CCCN(C(=O)c1ccccc1C)C2.O=C(O)C(F)(F)F. The molecule has 0 radical (unpaired) electrons. The lowest BCUT2D eigenvalue weighted by Crippen LogP contribution is -2.56. The highest BCUT2D eigenvalue weighted by Crippen LogP contribution is 2.37. The molecule has 2 aliphatic rings. The van der Waals surface area contributed by atoms with Crippen molar-refractivity contribution >= 4 is 11.9 Å². The van der Waals surface area contributed by atoms with Gasteiger partial charge in [-0.15, -0.1) is 6.58 Å². The van der Waals surface area contributed by atoms with E-state index in [1.165, 1.54) is 19.3 Å². The van der Waals surface area contributed by atoms with Gasteiger partial charge in [-0.1, -0.05) is 24.3 Å². The molecule has 1 aromatic rings. The Morgan fingerprint density at radius 1 is 1.21 bits per heavy atom. The van der Waals surface area contributed by atoms with Crippen molar-refractivity contribution in [2.75, 3.05) is 26.2 Å². The van der Waals surface area contributed by atoms with Crippen LogP contribution in [-0.2, 0) is 4.79 Å². The molecular weight excluding hydrogens is 385 g/mol. The minimum Gasteiger partial charge on any atom is -0.475 e. The van der Waals surface area contributed by atoms with Crippen LogP contribution in [0.2, 0.25) is 0 Å². The number of carboxylic acids is 1. The zero-order chi connectivity index (χ0) is 21.7. The molecule has 29 heavy (non-hydrogen) atoms. The molecule has 2 saturated heterocycles. The van der Waals surface area contributed by atoms with E-state index in [2.05, 4.69) is 16.4 Å². The summed E-state index contributed by atoms with van der Waals surface area (Å²) in [6.45, 7) is 9.74. The van der Waals surface area contributed by atoms with Gasteiger partial charge in [0.1, 0.15) is 0 Å². The van der Waals surface area contributed by atoms with Gasteiger partial charge in [0.05, 0.1) is 0 Å². The number of aryl methyl sites for hydroxylation is 1. The fraction of sp³-hybridized carbons (Fsp3) is 0.524. The Balaban J connectivity index is 0.000000370. The third kappa shape index (κ3) is 5.59. The summed E-state index contributed by atoms with van der Waals surface area (Å²) in [5.41, 5.74) is 2.11. The Morgan fingerprint density at radius 2 is 1.79 bits per heavy atom. The van der Waals surface area contributed by atoms with E-state index in [0.29, 0.717) is 0 Å². The quantitative estimate of drug-likeness (QED) is 0.766. The number of rotatable bonds is 3. The molecule has 1 N–H and O–H groups in total. The first-order chi connectivity index (χ1) is 13.6. The maximum Gasteiger partial charge on any atom is 0.490 e. The number of aliphatic carboxylic acids is 1. The highest BCUT2D eigenvalue weighted by molar-refractivity contribution is 5.95. The van der Waals surface area contributed by atoms with Crippen LogP contribution in [0.1, 0.15) is 41.6 Å². The van der Waals surface area contributed by atoms with Gasteiger partial charge in [0.2, 0.25) is 0 Å². The molecule has 0 bridgehead atoms. The second kappa shape index (κ2) is 9.43. The third-order valence-corrected chi connectivity index (χ3v) is 5.55. The van der Waals surface area contributed by atoms with Gasteiger partial charge in [0, 0.05) is 30.7 Å². The fourth-order valence-corrected chi connectivity index (χ4v) is 4.17. The number of carbonyl (C=O) groups is 2. The molecule has 2 fully saturated rings. The molecule has 1 amide bonds. The minimum absolute atomic E-state index is 0.185. The van der Waals surface area contributed by atoms with E-state index in [1.807, 2.05) is 37.3 Å². The summed E-state index contributed by atoms with van der Waals surface area (Å²) < 4.78 is 31.7. The van der Waals surface area contributed by atoms with Crippen LogP contribution in [-0.4, -0.2) is 64.7 Å². The minimum atomic E-state index is -5.08. The highest BCUT2D eigenvalue weighted by atomic mass is 19.4. The number of halogens is 3. The first-order valence-corrected chi connectivity index (χ1v) is 9.62. The molecule has 2 heterocycles. The summed E-state index contributed by atoms with van der Waals surface area (Å²) in [7, 11) is 0. The van der Waals surface area contributed by atoms with Crippen molar-refractivity contribution in [1.29, 1.82) is 0 Å². The van der Waals surface area contributed by atoms with Gasteiger partial charge in [-0.05, 0) is 50.8 Å². The lowest BCUT2D eigenvalue weighted by atomic mass is 9.86. The Labute approximate surface area is 168 Å². The molecular formula is C21H27F3N2O3. The topological polar surface area (TPSA) is 60.9 Å². The molecule has 3 rings (SSSR count). The van der Waals surface area contributed by atoms with Crippen molar-refractivity contribution in [3.8, 4) is 0 Å². The molecule has 1 aromatic carbocycles. The number of piperidine rings is 1. The summed E-state index contributed by atoms with van der Waals surface area (Å²) in [5.74, 6) is -2.56. The van der Waals surface area contributed by atoms with Crippen molar-refractivity contribution in [2.45, 2.75) is 44.3 Å². The smallest absolute Gasteiger partial charge is 0.475 e. The number of likely N-dealkylation sites (tertiary alicyclic amines) is 2. The van der Waals surface area contributed by atoms with E-state index in [0.717, 1.165) is 43.7 Å². The van der Waals surface area contributed by atoms with E-state index in [4.69, 9.17) is 9.90 Å². The number of benzene rings is 1. The number of hydrogen-bond acceptors (Lipinski definition) is 3. The van der Waals surface area contributed by atoms with Gasteiger partial charge >= 0.3 is 12.1 Å². The summed E-state index contributed by atoms with van der Waals surface area (Å²) in [6, 6.07) is 7.92. The van der Waals surface area contributed by atoms with Gasteiger partial charge in [0.15, 0.2) is 0 Å². The van der Waals surface area contributed by atoms with Crippen LogP contribution in [0.4, 0.5) is 13.2 Å². The number of carboxylic acid groups (broad SMARTS) is 1. The number of hydrogen-bond donors (Lipinski definition) is 1. The van der Waals surface area contributed by atoms with Crippen LogP contribution in [0.3, 0.4) is 0 Å². The lowest BCUT2D eigenvalue weighted by Gasteiger charge is -2.46. The van der Waals surface area contributed by atoms with Gasteiger partial charge in [-0.25, -0.2) is 4.79 Å². The van der Waals surface area contributed by atoms with Crippen molar-refractivity contribution in [3.63, 3.8) is 0 Å². The van der Waals surface area contributed by atoms with E-state index in [9.17, 15) is 18.0 Å². The second-order valence-corrected chi connectivity index (χ2v) is 7.51. The van der Waals surface area contributed by atoms with Gasteiger partial charge in [-0.2, -0.15) is 13.2 Å². The van der Waals surface area contributed by atoms with Crippen LogP contribution in [0.5, 0.6) is 0 Å². The molecule has 2 aliphatic heterocycles. The standard InChI is InChI=1S/C19H26N2O.C2HF3O2/c1-3-12-21-14-7-11-19(21)10-6-13-20(15-19)18(22)17-9-5-4-8-16(17)2;3-2(4,5)1(6)7/h3-5,8-9H,1,6-7,10-15H2,2H3;(H,6,7). The first kappa shape index (κ1) is 22.9. The maximum absolute atomic E-state index is 12.9. The monoisotopic (exact) mass is 412 g/mol. The molecule has 0 aromatic heterocycles. The van der Waals surface area contributed by atoms with Crippen molar-refractivity contribution in [2.24, 2.45) is 0 Å². The molecule has 160 valence electrons. The first-order valence-electron chi connectivity index (χ1n) is 9.62. The van der Waals surface area contributed by atoms with Crippen LogP contribution in [0, 0.1) is 6.92 Å². The molecule has 0 aliphatic carbocycles. The summed E-state index contributed by atoms with van der Waals surface area (Å²) in [5, 5.41) is 7.12.